The van der Waals surface area contributed by atoms with Crippen molar-refractivity contribution in [1.82, 2.24) is 0 Å². The third-order valence-electron chi connectivity index (χ3n) is 1.29. The van der Waals surface area contributed by atoms with Crippen LogP contribution in [0, 0.1) is 0 Å². The average Bonchev–Trinajstić information content (AvgIpc) is 2.28. The normalized spacial score (nSPS) is 21.2. The number of cyclic esters (lactones) is 2. The van der Waals surface area contributed by atoms with Crippen molar-refractivity contribution in [1.29, 1.82) is 0 Å². The van der Waals surface area contributed by atoms with E-state index in [1.54, 1.807) is 0 Å². The van der Waals surface area contributed by atoms with Crippen LogP contribution >= 0.6 is 11.6 Å². The topological polar surface area (TPSA) is 52.6 Å². The van der Waals surface area contributed by atoms with Crippen molar-refractivity contribution in [2.75, 3.05) is 6.67 Å². The van der Waals surface area contributed by atoms with Gasteiger partial charge in [0, 0.05) is 0 Å². The second-order valence-corrected chi connectivity index (χ2v) is 2.64. The van der Waals surface area contributed by atoms with Gasteiger partial charge in [0.1, 0.15) is 0 Å². The Morgan fingerprint density at radius 1 is 1.31 bits per heavy atom. The van der Waals surface area contributed by atoms with E-state index < -0.39 is 29.8 Å². The lowest BCUT2D eigenvalue weighted by atomic mass is 10.3. The quantitative estimate of drug-likeness (QED) is 0.387. The molecule has 1 rings (SSSR count). The van der Waals surface area contributed by atoms with E-state index >= 15 is 0 Å². The molecule has 0 aromatic heterocycles. The van der Waals surface area contributed by atoms with Crippen LogP contribution in [0.3, 0.4) is 0 Å². The number of rotatable bonds is 2. The Morgan fingerprint density at radius 2 is 1.69 bits per heavy atom. The zero-order valence-electron chi connectivity index (χ0n) is 5.85. The van der Waals surface area contributed by atoms with Gasteiger partial charge in [-0.15, -0.1) is 0 Å². The number of hydrogen-bond acceptors (Lipinski definition) is 4. The second-order valence-electron chi connectivity index (χ2n) is 2.16. The largest absolute Gasteiger partial charge is 0.421 e. The number of esters is 2. The summed E-state index contributed by atoms with van der Waals surface area (Å²) in [4.78, 5) is 20.7. The molecule has 0 unspecified atom stereocenters. The minimum Gasteiger partial charge on any atom is -0.404 e. The molecule has 1 heterocycles. The van der Waals surface area contributed by atoms with Crippen molar-refractivity contribution in [3.05, 3.63) is 0 Å². The van der Waals surface area contributed by atoms with Gasteiger partial charge in [-0.2, -0.15) is 8.78 Å². The number of ether oxygens (including phenoxy) is 2. The standard InChI is InChI=1S/C5H2ClF3O4/c6-5(8,9)4(1-7)12-2(10)3(11)13-4/h1H2. The van der Waals surface area contributed by atoms with E-state index in [9.17, 15) is 22.8 Å². The fourth-order valence-electron chi connectivity index (χ4n) is 0.650. The second kappa shape index (κ2) is 2.76. The van der Waals surface area contributed by atoms with Crippen LogP contribution in [0.25, 0.3) is 0 Å². The molecule has 8 heteroatoms. The number of hydrogen-bond donors (Lipinski definition) is 0. The first-order chi connectivity index (χ1) is 5.82. The van der Waals surface area contributed by atoms with Gasteiger partial charge in [-0.05, 0) is 11.6 Å². The molecule has 0 atom stereocenters. The zero-order valence-corrected chi connectivity index (χ0v) is 6.61. The highest BCUT2D eigenvalue weighted by Crippen LogP contribution is 2.40. The third kappa shape index (κ3) is 1.43. The highest BCUT2D eigenvalue weighted by Gasteiger charge is 2.65. The maximum absolute atomic E-state index is 12.4. The van der Waals surface area contributed by atoms with E-state index in [4.69, 9.17) is 0 Å². The Labute approximate surface area is 74.5 Å². The average molecular weight is 219 g/mol. The number of alkyl halides is 4. The van der Waals surface area contributed by atoms with Crippen LogP contribution in [0.15, 0.2) is 0 Å². The molecule has 1 fully saturated rings. The molecule has 0 saturated carbocycles. The molecule has 0 amide bonds. The van der Waals surface area contributed by atoms with Gasteiger partial charge in [-0.25, -0.2) is 14.0 Å². The summed E-state index contributed by atoms with van der Waals surface area (Å²) in [7, 11) is 0. The van der Waals surface area contributed by atoms with Gasteiger partial charge in [0.2, 0.25) is 0 Å². The van der Waals surface area contributed by atoms with E-state index in [0.717, 1.165) is 0 Å². The van der Waals surface area contributed by atoms with Crippen LogP contribution in [0.5, 0.6) is 0 Å². The highest BCUT2D eigenvalue weighted by molar-refractivity contribution is 6.32. The molecule has 0 bridgehead atoms. The van der Waals surface area contributed by atoms with Crippen molar-refractivity contribution in [2.24, 2.45) is 0 Å². The molecule has 1 aliphatic rings. The molecular weight excluding hydrogens is 216 g/mol. The van der Waals surface area contributed by atoms with E-state index in [1.807, 2.05) is 0 Å². The van der Waals surface area contributed by atoms with E-state index in [-0.39, 0.29) is 0 Å². The Kier molecular flexibility index (Phi) is 2.15. The lowest BCUT2D eigenvalue weighted by molar-refractivity contribution is -0.253. The van der Waals surface area contributed by atoms with Crippen LogP contribution in [-0.2, 0) is 19.1 Å². The maximum atomic E-state index is 12.4. The van der Waals surface area contributed by atoms with E-state index in [2.05, 4.69) is 21.1 Å². The van der Waals surface area contributed by atoms with Gasteiger partial charge < -0.3 is 9.47 Å². The molecule has 1 aliphatic heterocycles. The van der Waals surface area contributed by atoms with Crippen LogP contribution in [0.2, 0.25) is 0 Å². The minimum atomic E-state index is -4.30. The summed E-state index contributed by atoms with van der Waals surface area (Å²) in [5.74, 6) is -6.71. The Bertz CT molecular complexity index is 245. The van der Waals surface area contributed by atoms with Crippen molar-refractivity contribution < 1.29 is 32.2 Å². The van der Waals surface area contributed by atoms with E-state index in [0.29, 0.717) is 0 Å². The number of halogens is 4. The summed E-state index contributed by atoms with van der Waals surface area (Å²) in [5.41, 5.74) is 0. The van der Waals surface area contributed by atoms with Crippen LogP contribution < -0.4 is 0 Å². The molecule has 0 aromatic rings. The van der Waals surface area contributed by atoms with Crippen LogP contribution in [0.4, 0.5) is 13.2 Å². The first kappa shape index (κ1) is 10.1. The number of carbonyl (C=O) groups is 2. The van der Waals surface area contributed by atoms with Crippen LogP contribution in [-0.4, -0.2) is 29.8 Å². The summed E-state index contributed by atoms with van der Waals surface area (Å²) in [6.45, 7) is -1.92. The molecule has 0 spiro atoms. The smallest absolute Gasteiger partial charge is 0.404 e. The number of carbonyl (C=O) groups excluding carboxylic acids is 2. The van der Waals surface area contributed by atoms with Crippen molar-refractivity contribution >= 4 is 23.5 Å². The Morgan fingerprint density at radius 3 is 1.85 bits per heavy atom. The van der Waals surface area contributed by atoms with Crippen molar-refractivity contribution in [3.63, 3.8) is 0 Å². The summed E-state index contributed by atoms with van der Waals surface area (Å²) in [5, 5.41) is -4.30. The molecule has 0 aliphatic carbocycles. The minimum absolute atomic E-state index is 1.70. The molecular formula is C5H2ClF3O4. The summed E-state index contributed by atoms with van der Waals surface area (Å²) >= 11 is 4.40. The molecule has 1 saturated heterocycles. The highest BCUT2D eigenvalue weighted by atomic mass is 35.5. The monoisotopic (exact) mass is 218 g/mol. The molecule has 74 valence electrons. The molecule has 0 aromatic carbocycles. The summed E-state index contributed by atoms with van der Waals surface area (Å²) in [6.07, 6.45) is 0. The van der Waals surface area contributed by atoms with Gasteiger partial charge in [0.15, 0.2) is 6.67 Å². The first-order valence-electron chi connectivity index (χ1n) is 2.91. The predicted octanol–water partition coefficient (Wildman–Crippen LogP) is 0.584. The van der Waals surface area contributed by atoms with E-state index in [1.165, 1.54) is 0 Å². The Balaban J connectivity index is 2.99. The van der Waals surface area contributed by atoms with Gasteiger partial charge in [-0.1, -0.05) is 0 Å². The third-order valence-corrected chi connectivity index (χ3v) is 1.58. The lowest BCUT2D eigenvalue weighted by Crippen LogP contribution is -2.48. The maximum Gasteiger partial charge on any atom is 0.421 e. The van der Waals surface area contributed by atoms with Gasteiger partial charge >= 0.3 is 23.1 Å². The fraction of sp³-hybridized carbons (Fsp3) is 0.600. The summed E-state index contributed by atoms with van der Waals surface area (Å²) < 4.78 is 44.3. The molecule has 0 radical (unpaired) electrons. The lowest BCUT2D eigenvalue weighted by Gasteiger charge is -2.25. The van der Waals surface area contributed by atoms with Crippen molar-refractivity contribution in [2.45, 2.75) is 11.2 Å². The molecule has 4 nitrogen and oxygen atoms in total. The van der Waals surface area contributed by atoms with Gasteiger partial charge in [0.05, 0.1) is 0 Å². The van der Waals surface area contributed by atoms with Gasteiger partial charge in [-0.3, -0.25) is 0 Å². The predicted molar refractivity (Wildman–Crippen MR) is 31.7 cm³/mol. The first-order valence-corrected chi connectivity index (χ1v) is 3.29. The molecule has 0 N–H and O–H groups in total. The molecule has 13 heavy (non-hydrogen) atoms. The zero-order chi connectivity index (χ0) is 10.3. The Hall–Kier alpha value is -0.980. The van der Waals surface area contributed by atoms with Gasteiger partial charge in [0.25, 0.3) is 0 Å². The van der Waals surface area contributed by atoms with Crippen molar-refractivity contribution in [3.8, 4) is 0 Å². The SMILES string of the molecule is O=C1OC(CF)(C(F)(F)Cl)OC1=O. The summed E-state index contributed by atoms with van der Waals surface area (Å²) in [6, 6.07) is 0. The fourth-order valence-corrected chi connectivity index (χ4v) is 0.777. The van der Waals surface area contributed by atoms with Crippen LogP contribution in [0.1, 0.15) is 0 Å².